The molecule has 2 N–H and O–H groups in total. The van der Waals surface area contributed by atoms with Gasteiger partial charge >= 0.3 is 0 Å². The van der Waals surface area contributed by atoms with Gasteiger partial charge in [0.05, 0.1) is 5.56 Å². The Morgan fingerprint density at radius 1 is 1.31 bits per heavy atom. The van der Waals surface area contributed by atoms with Crippen molar-refractivity contribution in [2.75, 3.05) is 5.32 Å². The minimum atomic E-state index is -0.225. The normalized spacial score (nSPS) is 22.2. The van der Waals surface area contributed by atoms with E-state index in [9.17, 15) is 4.79 Å². The lowest BCUT2D eigenvalue weighted by atomic mass is 9.69. The zero-order valence-corrected chi connectivity index (χ0v) is 17.1. The summed E-state index contributed by atoms with van der Waals surface area (Å²) in [5.41, 5.74) is 3.47. The van der Waals surface area contributed by atoms with Crippen molar-refractivity contribution in [1.29, 1.82) is 0 Å². The molecule has 0 fully saturated rings. The molecule has 0 radical (unpaired) electrons. The summed E-state index contributed by atoms with van der Waals surface area (Å²) in [6.45, 7) is 7.02. The third-order valence-corrected chi connectivity index (χ3v) is 7.66. The van der Waals surface area contributed by atoms with E-state index < -0.39 is 0 Å². The second kappa shape index (κ2) is 6.58. The molecule has 2 atom stereocenters. The molecule has 2 aromatic rings. The first kappa shape index (κ1) is 17.9. The smallest absolute Gasteiger partial charge is 0.256 e. The van der Waals surface area contributed by atoms with E-state index in [1.54, 1.807) is 11.3 Å². The number of amides is 1. The lowest BCUT2D eigenvalue weighted by Crippen LogP contribution is -2.38. The Balaban J connectivity index is 1.64. The summed E-state index contributed by atoms with van der Waals surface area (Å²) in [6, 6.07) is 7.65. The maximum Gasteiger partial charge on any atom is 0.256 e. The molecule has 4 rings (SSSR count). The molecule has 26 heavy (non-hydrogen) atoms. The third-order valence-electron chi connectivity index (χ3n) is 6.24. The van der Waals surface area contributed by atoms with Crippen LogP contribution in [0.15, 0.2) is 24.3 Å². The van der Waals surface area contributed by atoms with Crippen LogP contribution >= 0.6 is 22.9 Å². The van der Waals surface area contributed by atoms with Crippen LogP contribution in [0.2, 0.25) is 5.02 Å². The van der Waals surface area contributed by atoms with Crippen molar-refractivity contribution < 1.29 is 4.79 Å². The predicted octanol–water partition coefficient (Wildman–Crippen LogP) is 5.80. The summed E-state index contributed by atoms with van der Waals surface area (Å²) < 4.78 is 0. The van der Waals surface area contributed by atoms with E-state index in [0.717, 1.165) is 29.0 Å². The maximum absolute atomic E-state index is 12.8. The SMILES string of the molecule is CCC(C)(C)[C@H]1CCc2c(sc3c2C(=O)N[C@@H](c2cccc(Cl)c2)N3)C1. The first-order valence-electron chi connectivity index (χ1n) is 9.36. The standard InChI is InChI=1S/C21H25ClN2OS/c1-4-21(2,3)13-8-9-15-16(11-13)26-20-17(15)19(25)23-18(24-20)12-6-5-7-14(22)10-12/h5-7,10,13,18,24H,4,8-9,11H2,1-3H3,(H,23,25)/t13-,18+/m0/s1. The molecule has 1 aromatic carbocycles. The van der Waals surface area contributed by atoms with Crippen molar-refractivity contribution in [2.24, 2.45) is 11.3 Å². The fourth-order valence-electron chi connectivity index (χ4n) is 4.11. The molecule has 5 heteroatoms. The van der Waals surface area contributed by atoms with E-state index in [2.05, 4.69) is 31.4 Å². The Hall–Kier alpha value is -1.52. The van der Waals surface area contributed by atoms with Gasteiger partial charge in [0.25, 0.3) is 5.91 Å². The molecule has 3 nitrogen and oxygen atoms in total. The van der Waals surface area contributed by atoms with Gasteiger partial charge in [-0.2, -0.15) is 0 Å². The molecule has 1 aliphatic carbocycles. The summed E-state index contributed by atoms with van der Waals surface area (Å²) in [5.74, 6) is 0.723. The number of nitrogens with one attached hydrogen (secondary N) is 2. The molecule has 2 heterocycles. The molecule has 138 valence electrons. The van der Waals surface area contributed by atoms with Crippen LogP contribution in [0.3, 0.4) is 0 Å². The van der Waals surface area contributed by atoms with Crippen molar-refractivity contribution in [3.8, 4) is 0 Å². The van der Waals surface area contributed by atoms with Gasteiger partial charge in [0.1, 0.15) is 11.2 Å². The van der Waals surface area contributed by atoms with E-state index in [4.69, 9.17) is 11.6 Å². The van der Waals surface area contributed by atoms with Gasteiger partial charge in [-0.15, -0.1) is 11.3 Å². The van der Waals surface area contributed by atoms with Gasteiger partial charge in [-0.05, 0) is 53.9 Å². The summed E-state index contributed by atoms with van der Waals surface area (Å²) in [7, 11) is 0. The summed E-state index contributed by atoms with van der Waals surface area (Å²) >= 11 is 7.89. The van der Waals surface area contributed by atoms with Crippen LogP contribution in [0.5, 0.6) is 0 Å². The first-order valence-corrected chi connectivity index (χ1v) is 10.6. The number of rotatable bonds is 3. The molecule has 1 aliphatic heterocycles. The number of carbonyl (C=O) groups excluding carboxylic acids is 1. The number of halogens is 1. The Bertz CT molecular complexity index is 858. The van der Waals surface area contributed by atoms with Crippen LogP contribution in [0.25, 0.3) is 0 Å². The fraction of sp³-hybridized carbons (Fsp3) is 0.476. The molecule has 0 unspecified atom stereocenters. The van der Waals surface area contributed by atoms with Crippen molar-refractivity contribution >= 4 is 33.8 Å². The minimum Gasteiger partial charge on any atom is -0.353 e. The van der Waals surface area contributed by atoms with E-state index in [1.165, 1.54) is 23.3 Å². The number of thiophene rings is 1. The van der Waals surface area contributed by atoms with Gasteiger partial charge in [-0.25, -0.2) is 0 Å². The monoisotopic (exact) mass is 388 g/mol. The van der Waals surface area contributed by atoms with Gasteiger partial charge in [-0.3, -0.25) is 4.79 Å². The Morgan fingerprint density at radius 2 is 2.12 bits per heavy atom. The molecule has 0 bridgehead atoms. The van der Waals surface area contributed by atoms with Crippen LogP contribution < -0.4 is 10.6 Å². The van der Waals surface area contributed by atoms with E-state index in [1.807, 2.05) is 24.3 Å². The van der Waals surface area contributed by atoms with Crippen molar-refractivity contribution in [3.63, 3.8) is 0 Å². The lowest BCUT2D eigenvalue weighted by molar-refractivity contribution is 0.0934. The van der Waals surface area contributed by atoms with Crippen LogP contribution in [-0.2, 0) is 12.8 Å². The van der Waals surface area contributed by atoms with Gasteiger partial charge in [0, 0.05) is 9.90 Å². The van der Waals surface area contributed by atoms with Crippen molar-refractivity contribution in [3.05, 3.63) is 50.9 Å². The number of anilines is 1. The number of hydrogen-bond donors (Lipinski definition) is 2. The second-order valence-electron chi connectivity index (χ2n) is 8.10. The molecule has 0 spiro atoms. The summed E-state index contributed by atoms with van der Waals surface area (Å²) in [4.78, 5) is 14.2. The Kier molecular flexibility index (Phi) is 4.52. The van der Waals surface area contributed by atoms with Crippen molar-refractivity contribution in [1.82, 2.24) is 5.32 Å². The van der Waals surface area contributed by atoms with Crippen LogP contribution in [0.1, 0.15) is 66.1 Å². The predicted molar refractivity (Wildman–Crippen MR) is 109 cm³/mol. The average Bonchev–Trinajstić information content (AvgIpc) is 2.99. The molecule has 2 aliphatic rings. The summed E-state index contributed by atoms with van der Waals surface area (Å²) in [5, 5.41) is 8.32. The summed E-state index contributed by atoms with van der Waals surface area (Å²) in [6.07, 6.45) is 4.23. The van der Waals surface area contributed by atoms with Crippen LogP contribution in [-0.4, -0.2) is 5.91 Å². The van der Waals surface area contributed by atoms with Gasteiger partial charge in [-0.1, -0.05) is 50.9 Å². The number of hydrogen-bond acceptors (Lipinski definition) is 3. The first-order chi connectivity index (χ1) is 12.4. The zero-order chi connectivity index (χ0) is 18.5. The highest BCUT2D eigenvalue weighted by atomic mass is 35.5. The zero-order valence-electron chi connectivity index (χ0n) is 15.5. The third kappa shape index (κ3) is 3.03. The highest BCUT2D eigenvalue weighted by Crippen LogP contribution is 2.46. The largest absolute Gasteiger partial charge is 0.353 e. The molecular weight excluding hydrogens is 364 g/mol. The van der Waals surface area contributed by atoms with Gasteiger partial charge < -0.3 is 10.6 Å². The van der Waals surface area contributed by atoms with E-state index in [-0.39, 0.29) is 12.1 Å². The molecule has 1 amide bonds. The number of fused-ring (bicyclic) bond motifs is 3. The Morgan fingerprint density at radius 3 is 2.85 bits per heavy atom. The van der Waals surface area contributed by atoms with Crippen LogP contribution in [0, 0.1) is 11.3 Å². The fourth-order valence-corrected chi connectivity index (χ4v) is 5.66. The lowest BCUT2D eigenvalue weighted by Gasteiger charge is -2.36. The molecule has 1 aromatic heterocycles. The number of benzene rings is 1. The van der Waals surface area contributed by atoms with Gasteiger partial charge in [0.15, 0.2) is 0 Å². The molecular formula is C21H25ClN2OS. The highest BCUT2D eigenvalue weighted by Gasteiger charge is 2.37. The molecule has 0 saturated heterocycles. The molecule has 0 saturated carbocycles. The topological polar surface area (TPSA) is 41.1 Å². The second-order valence-corrected chi connectivity index (χ2v) is 9.64. The quantitative estimate of drug-likeness (QED) is 0.697. The highest BCUT2D eigenvalue weighted by molar-refractivity contribution is 7.16. The Labute approximate surface area is 164 Å². The average molecular weight is 389 g/mol. The maximum atomic E-state index is 12.8. The van der Waals surface area contributed by atoms with E-state index in [0.29, 0.717) is 16.4 Å². The van der Waals surface area contributed by atoms with Gasteiger partial charge in [0.2, 0.25) is 0 Å². The van der Waals surface area contributed by atoms with Crippen molar-refractivity contribution in [2.45, 2.75) is 52.6 Å². The van der Waals surface area contributed by atoms with E-state index >= 15 is 0 Å². The van der Waals surface area contributed by atoms with Crippen LogP contribution in [0.4, 0.5) is 5.00 Å². The minimum absolute atomic E-state index is 0.0365. The number of carbonyl (C=O) groups is 1.